The van der Waals surface area contributed by atoms with Crippen molar-refractivity contribution in [2.24, 2.45) is 0 Å². The quantitative estimate of drug-likeness (QED) is 0.342. The minimum absolute atomic E-state index is 0.0597. The van der Waals surface area contributed by atoms with E-state index >= 15 is 0 Å². The number of hydrogen-bond donors (Lipinski definition) is 2. The first-order chi connectivity index (χ1) is 19.1. The molecule has 1 fully saturated rings. The Morgan fingerprint density at radius 3 is 2.30 bits per heavy atom. The first kappa shape index (κ1) is 30.0. The van der Waals surface area contributed by atoms with Crippen LogP contribution >= 0.6 is 11.6 Å². The van der Waals surface area contributed by atoms with Gasteiger partial charge in [0.1, 0.15) is 16.7 Å². The van der Waals surface area contributed by atoms with Crippen molar-refractivity contribution >= 4 is 37.6 Å². The number of carbonyl (C=O) groups is 1. The number of morpholine rings is 1. The van der Waals surface area contributed by atoms with Crippen LogP contribution in [0.25, 0.3) is 0 Å². The number of halogens is 1. The van der Waals surface area contributed by atoms with E-state index < -0.39 is 32.0 Å². The van der Waals surface area contributed by atoms with E-state index in [1.807, 2.05) is 6.07 Å². The Labute approximate surface area is 239 Å². The van der Waals surface area contributed by atoms with E-state index in [2.05, 4.69) is 10.0 Å². The lowest BCUT2D eigenvalue weighted by Crippen LogP contribution is -2.47. The summed E-state index contributed by atoms with van der Waals surface area (Å²) in [6.07, 6.45) is 0.0888. The number of methoxy groups -OCH3 is 1. The maximum atomic E-state index is 13.3. The molecule has 0 saturated carbocycles. The van der Waals surface area contributed by atoms with Gasteiger partial charge in [-0.1, -0.05) is 54.1 Å². The highest BCUT2D eigenvalue weighted by Gasteiger charge is 2.29. The van der Waals surface area contributed by atoms with Crippen LogP contribution < -0.4 is 14.8 Å². The molecule has 0 unspecified atom stereocenters. The number of ether oxygens (including phenoxy) is 2. The van der Waals surface area contributed by atoms with Crippen molar-refractivity contribution < 1.29 is 31.1 Å². The molecule has 1 amide bonds. The third-order valence-corrected chi connectivity index (χ3v) is 9.95. The van der Waals surface area contributed by atoms with Crippen molar-refractivity contribution in [2.45, 2.75) is 28.8 Å². The van der Waals surface area contributed by atoms with Crippen LogP contribution in [0.4, 0.5) is 0 Å². The number of carbonyl (C=O) groups excluding carboxylic acids is 1. The molecule has 3 aromatic rings. The molecule has 0 bridgehead atoms. The van der Waals surface area contributed by atoms with E-state index in [1.54, 1.807) is 36.4 Å². The summed E-state index contributed by atoms with van der Waals surface area (Å²) in [5, 5.41) is 2.95. The standard InChI is InChI=1S/C27H30ClN3O7S2/c1-37-25-12-9-22(28)18-26(25)39(33,34)30-24(17-20-5-3-2-4-6-20)27(32)29-19-21-7-10-23(11-8-21)40(35,36)31-13-15-38-16-14-31/h2-12,18,24,30H,13-17,19H2,1H3,(H,29,32)/t24-/m0/s1. The van der Waals surface area contributed by atoms with Gasteiger partial charge in [-0.05, 0) is 47.9 Å². The molecule has 0 spiro atoms. The first-order valence-corrected chi connectivity index (χ1v) is 15.7. The van der Waals surface area contributed by atoms with Crippen molar-refractivity contribution in [3.63, 3.8) is 0 Å². The van der Waals surface area contributed by atoms with Crippen LogP contribution in [0.5, 0.6) is 5.75 Å². The van der Waals surface area contributed by atoms with Gasteiger partial charge in [0.15, 0.2) is 0 Å². The van der Waals surface area contributed by atoms with E-state index in [0.29, 0.717) is 31.9 Å². The fraction of sp³-hybridized carbons (Fsp3) is 0.296. The fourth-order valence-corrected chi connectivity index (χ4v) is 7.21. The summed E-state index contributed by atoms with van der Waals surface area (Å²) >= 11 is 6.04. The van der Waals surface area contributed by atoms with Crippen molar-refractivity contribution in [3.05, 3.63) is 88.9 Å². The molecule has 1 aliphatic rings. The third kappa shape index (κ3) is 7.39. The monoisotopic (exact) mass is 607 g/mol. The summed E-state index contributed by atoms with van der Waals surface area (Å²) < 4.78 is 66.6. The minimum atomic E-state index is -4.21. The van der Waals surface area contributed by atoms with Gasteiger partial charge in [-0.3, -0.25) is 4.79 Å². The van der Waals surface area contributed by atoms with Crippen LogP contribution in [0.15, 0.2) is 82.6 Å². The van der Waals surface area contributed by atoms with E-state index in [9.17, 15) is 21.6 Å². The van der Waals surface area contributed by atoms with Gasteiger partial charge in [-0.15, -0.1) is 0 Å². The van der Waals surface area contributed by atoms with Crippen LogP contribution in [-0.2, 0) is 42.5 Å². The molecule has 13 heteroatoms. The van der Waals surface area contributed by atoms with Gasteiger partial charge in [-0.25, -0.2) is 16.8 Å². The molecular weight excluding hydrogens is 578 g/mol. The molecule has 40 heavy (non-hydrogen) atoms. The van der Waals surface area contributed by atoms with E-state index in [0.717, 1.165) is 5.56 Å². The Bertz CT molecular complexity index is 1530. The lowest BCUT2D eigenvalue weighted by Gasteiger charge is -2.26. The van der Waals surface area contributed by atoms with Crippen LogP contribution in [0.3, 0.4) is 0 Å². The smallest absolute Gasteiger partial charge is 0.245 e. The summed E-state index contributed by atoms with van der Waals surface area (Å²) in [5.41, 5.74) is 1.40. The predicted octanol–water partition coefficient (Wildman–Crippen LogP) is 2.58. The van der Waals surface area contributed by atoms with Crippen LogP contribution in [0, 0.1) is 0 Å². The molecule has 1 heterocycles. The van der Waals surface area contributed by atoms with Crippen molar-refractivity contribution in [1.82, 2.24) is 14.3 Å². The Morgan fingerprint density at radius 2 is 1.65 bits per heavy atom. The van der Waals surface area contributed by atoms with Gasteiger partial charge in [0.25, 0.3) is 0 Å². The topological polar surface area (TPSA) is 131 Å². The molecule has 1 atom stereocenters. The summed E-state index contributed by atoms with van der Waals surface area (Å²) in [5.74, 6) is -0.471. The normalized spacial score (nSPS) is 15.3. The molecular formula is C27H30ClN3O7S2. The molecule has 0 radical (unpaired) electrons. The number of rotatable bonds is 11. The Hall–Kier alpha value is -3.00. The highest BCUT2D eigenvalue weighted by molar-refractivity contribution is 7.89. The summed E-state index contributed by atoms with van der Waals surface area (Å²) in [4.78, 5) is 13.2. The second kappa shape index (κ2) is 13.1. The number of hydrogen-bond acceptors (Lipinski definition) is 7. The summed E-state index contributed by atoms with van der Waals surface area (Å²) in [6, 6.07) is 18.2. The van der Waals surface area contributed by atoms with Crippen LogP contribution in [-0.4, -0.2) is 66.5 Å². The SMILES string of the molecule is COc1ccc(Cl)cc1S(=O)(=O)N[C@@H](Cc1ccccc1)C(=O)NCc1ccc(S(=O)(=O)N2CCOCC2)cc1. The first-order valence-electron chi connectivity index (χ1n) is 12.4. The van der Waals surface area contributed by atoms with Crippen molar-refractivity contribution in [2.75, 3.05) is 33.4 Å². The average Bonchev–Trinajstić information content (AvgIpc) is 2.96. The van der Waals surface area contributed by atoms with Gasteiger partial charge in [0.2, 0.25) is 26.0 Å². The third-order valence-electron chi connectivity index (χ3n) is 6.31. The Morgan fingerprint density at radius 1 is 0.975 bits per heavy atom. The molecule has 0 aliphatic carbocycles. The van der Waals surface area contributed by atoms with E-state index in [-0.39, 0.29) is 33.5 Å². The van der Waals surface area contributed by atoms with Crippen LogP contribution in [0.2, 0.25) is 5.02 Å². The lowest BCUT2D eigenvalue weighted by atomic mass is 10.1. The minimum Gasteiger partial charge on any atom is -0.495 e. The molecule has 1 saturated heterocycles. The van der Waals surface area contributed by atoms with Gasteiger partial charge >= 0.3 is 0 Å². The molecule has 4 rings (SSSR count). The number of sulfonamides is 2. The second-order valence-electron chi connectivity index (χ2n) is 9.04. The van der Waals surface area contributed by atoms with Gasteiger partial charge in [0.05, 0.1) is 25.2 Å². The number of amides is 1. The largest absolute Gasteiger partial charge is 0.495 e. The molecule has 0 aromatic heterocycles. The lowest BCUT2D eigenvalue weighted by molar-refractivity contribution is -0.122. The zero-order chi connectivity index (χ0) is 28.8. The van der Waals surface area contributed by atoms with Crippen molar-refractivity contribution in [1.29, 1.82) is 0 Å². The zero-order valence-corrected chi connectivity index (χ0v) is 24.1. The molecule has 2 N–H and O–H groups in total. The maximum Gasteiger partial charge on any atom is 0.245 e. The van der Waals surface area contributed by atoms with Crippen LogP contribution in [0.1, 0.15) is 11.1 Å². The summed E-state index contributed by atoms with van der Waals surface area (Å²) in [6.45, 7) is 1.34. The van der Waals surface area contributed by atoms with Crippen molar-refractivity contribution in [3.8, 4) is 5.75 Å². The maximum absolute atomic E-state index is 13.3. The van der Waals surface area contributed by atoms with Gasteiger partial charge < -0.3 is 14.8 Å². The highest BCUT2D eigenvalue weighted by atomic mass is 35.5. The number of benzene rings is 3. The van der Waals surface area contributed by atoms with E-state index in [1.165, 1.54) is 41.7 Å². The Kier molecular flexibility index (Phi) is 9.82. The number of nitrogens with zero attached hydrogens (tertiary/aromatic N) is 1. The average molecular weight is 608 g/mol. The molecule has 3 aromatic carbocycles. The Balaban J connectivity index is 1.49. The van der Waals surface area contributed by atoms with E-state index in [4.69, 9.17) is 21.1 Å². The summed E-state index contributed by atoms with van der Waals surface area (Å²) in [7, 11) is -6.51. The second-order valence-corrected chi connectivity index (χ2v) is 13.1. The highest BCUT2D eigenvalue weighted by Crippen LogP contribution is 2.27. The molecule has 1 aliphatic heterocycles. The van der Waals surface area contributed by atoms with Gasteiger partial charge in [-0.2, -0.15) is 9.03 Å². The van der Waals surface area contributed by atoms with Gasteiger partial charge in [0, 0.05) is 24.7 Å². The molecule has 214 valence electrons. The fourth-order valence-electron chi connectivity index (χ4n) is 4.18. The number of nitrogens with one attached hydrogen (secondary N) is 2. The molecule has 10 nitrogen and oxygen atoms in total. The zero-order valence-electron chi connectivity index (χ0n) is 21.7. The predicted molar refractivity (Wildman–Crippen MR) is 150 cm³/mol.